The smallest absolute Gasteiger partial charge is 0.243 e. The molecule has 3 rings (SSSR count). The first-order valence-corrected chi connectivity index (χ1v) is 8.94. The van der Waals surface area contributed by atoms with Crippen LogP contribution in [0.4, 0.5) is 0 Å². The molecule has 0 radical (unpaired) electrons. The van der Waals surface area contributed by atoms with Gasteiger partial charge in [-0.05, 0) is 19.1 Å². The molecule has 0 bridgehead atoms. The normalized spacial score (nSPS) is 11.8. The van der Waals surface area contributed by atoms with Gasteiger partial charge in [0.2, 0.25) is 15.9 Å². The molecule has 1 N–H and O–H groups in total. The Kier molecular flexibility index (Phi) is 4.50. The lowest BCUT2D eigenvalue weighted by atomic mass is 10.2. The molecule has 126 valence electrons. The minimum atomic E-state index is -3.56. The second-order valence-corrected chi connectivity index (χ2v) is 7.15. The number of hydrogen-bond donors (Lipinski definition) is 1. The van der Waals surface area contributed by atoms with Crippen LogP contribution in [-0.4, -0.2) is 29.7 Å². The van der Waals surface area contributed by atoms with E-state index in [1.807, 2.05) is 37.3 Å². The van der Waals surface area contributed by atoms with Crippen molar-refractivity contribution < 1.29 is 12.8 Å². The molecule has 8 heteroatoms. The average molecular weight is 346 g/mol. The summed E-state index contributed by atoms with van der Waals surface area (Å²) in [6.45, 7) is 2.06. The molecule has 24 heavy (non-hydrogen) atoms. The Labute approximate surface area is 140 Å². The molecule has 0 unspecified atom stereocenters. The number of sulfonamides is 1. The van der Waals surface area contributed by atoms with Gasteiger partial charge in [-0.15, -0.1) is 0 Å². The summed E-state index contributed by atoms with van der Waals surface area (Å²) < 4.78 is 33.9. The second-order valence-electron chi connectivity index (χ2n) is 5.39. The van der Waals surface area contributed by atoms with Crippen molar-refractivity contribution in [3.63, 3.8) is 0 Å². The van der Waals surface area contributed by atoms with Crippen molar-refractivity contribution in [2.75, 3.05) is 6.54 Å². The minimum Gasteiger partial charge on any atom is -0.441 e. The molecule has 2 heterocycles. The monoisotopic (exact) mass is 346 g/mol. The van der Waals surface area contributed by atoms with E-state index in [1.165, 1.54) is 17.1 Å². The molecule has 1 aromatic carbocycles. The molecule has 0 amide bonds. The van der Waals surface area contributed by atoms with Crippen molar-refractivity contribution in [1.82, 2.24) is 19.5 Å². The first kappa shape index (κ1) is 16.4. The fourth-order valence-corrected chi connectivity index (χ4v) is 3.30. The number of aryl methyl sites for hydroxylation is 2. The van der Waals surface area contributed by atoms with Gasteiger partial charge in [0.1, 0.15) is 10.7 Å². The highest BCUT2D eigenvalue weighted by Crippen LogP contribution is 2.21. The van der Waals surface area contributed by atoms with Crippen LogP contribution in [0.1, 0.15) is 11.5 Å². The largest absolute Gasteiger partial charge is 0.441 e. The topological polar surface area (TPSA) is 90.0 Å². The van der Waals surface area contributed by atoms with E-state index in [0.717, 1.165) is 11.3 Å². The third kappa shape index (κ3) is 3.55. The van der Waals surface area contributed by atoms with Gasteiger partial charge < -0.3 is 4.42 Å². The van der Waals surface area contributed by atoms with Crippen LogP contribution in [0.25, 0.3) is 11.5 Å². The molecular formula is C16H18N4O3S. The second kappa shape index (κ2) is 6.58. The molecule has 0 spiro atoms. The maximum atomic E-state index is 12.1. The van der Waals surface area contributed by atoms with Crippen LogP contribution in [0.5, 0.6) is 0 Å². The van der Waals surface area contributed by atoms with Crippen LogP contribution in [0.2, 0.25) is 0 Å². The summed E-state index contributed by atoms with van der Waals surface area (Å²) in [6.07, 6.45) is 3.22. The number of nitrogens with one attached hydrogen (secondary N) is 1. The fraction of sp³-hybridized carbons (Fsp3) is 0.250. The van der Waals surface area contributed by atoms with Gasteiger partial charge in [0.05, 0.1) is 11.9 Å². The van der Waals surface area contributed by atoms with Gasteiger partial charge >= 0.3 is 0 Å². The van der Waals surface area contributed by atoms with Gasteiger partial charge in [0.15, 0.2) is 0 Å². The van der Waals surface area contributed by atoms with Crippen molar-refractivity contribution in [3.8, 4) is 11.5 Å². The van der Waals surface area contributed by atoms with Crippen LogP contribution in [-0.2, 0) is 23.5 Å². The molecule has 0 aliphatic rings. The van der Waals surface area contributed by atoms with E-state index in [1.54, 1.807) is 7.05 Å². The number of nitrogens with zero attached hydrogens (tertiary/aromatic N) is 3. The maximum absolute atomic E-state index is 12.1. The highest BCUT2D eigenvalue weighted by atomic mass is 32.2. The van der Waals surface area contributed by atoms with E-state index in [0.29, 0.717) is 18.1 Å². The van der Waals surface area contributed by atoms with Crippen LogP contribution >= 0.6 is 0 Å². The lowest BCUT2D eigenvalue weighted by Crippen LogP contribution is -2.26. The van der Waals surface area contributed by atoms with E-state index in [-0.39, 0.29) is 11.4 Å². The minimum absolute atomic E-state index is 0.145. The number of oxazole rings is 1. The standard InChI is InChI=1S/C16H18N4O3S/c1-12-15(19-16(23-12)13-6-4-3-5-7-13)8-9-18-24(21,22)14-10-17-20(2)11-14/h3-7,10-11,18H,8-9H2,1-2H3. The van der Waals surface area contributed by atoms with Crippen LogP contribution < -0.4 is 4.72 Å². The molecule has 0 fully saturated rings. The van der Waals surface area contributed by atoms with Crippen molar-refractivity contribution in [3.05, 3.63) is 54.2 Å². The van der Waals surface area contributed by atoms with Crippen molar-refractivity contribution >= 4 is 10.0 Å². The van der Waals surface area contributed by atoms with Crippen LogP contribution in [0, 0.1) is 6.92 Å². The Balaban J connectivity index is 1.66. The Morgan fingerprint density at radius 3 is 2.67 bits per heavy atom. The van der Waals surface area contributed by atoms with Gasteiger partial charge in [0, 0.05) is 31.8 Å². The zero-order chi connectivity index (χ0) is 17.2. The summed E-state index contributed by atoms with van der Waals surface area (Å²) in [5, 5.41) is 3.87. The Bertz CT molecular complexity index is 929. The number of hydrogen-bond acceptors (Lipinski definition) is 5. The van der Waals surface area contributed by atoms with Gasteiger partial charge in [-0.2, -0.15) is 5.10 Å². The number of aromatic nitrogens is 3. The molecule has 2 aromatic heterocycles. The Morgan fingerprint density at radius 1 is 1.25 bits per heavy atom. The molecule has 7 nitrogen and oxygen atoms in total. The van der Waals surface area contributed by atoms with Gasteiger partial charge in [0.25, 0.3) is 0 Å². The van der Waals surface area contributed by atoms with E-state index in [9.17, 15) is 8.42 Å². The third-order valence-electron chi connectivity index (χ3n) is 3.56. The summed E-state index contributed by atoms with van der Waals surface area (Å²) in [6, 6.07) is 9.58. The molecule has 3 aromatic rings. The predicted molar refractivity (Wildman–Crippen MR) is 88.8 cm³/mol. The first-order chi connectivity index (χ1) is 11.5. The number of rotatable bonds is 6. The van der Waals surface area contributed by atoms with E-state index in [2.05, 4.69) is 14.8 Å². The zero-order valence-corrected chi connectivity index (χ0v) is 14.2. The van der Waals surface area contributed by atoms with Crippen molar-refractivity contribution in [1.29, 1.82) is 0 Å². The summed E-state index contributed by atoms with van der Waals surface area (Å²) in [7, 11) is -1.89. The molecule has 0 saturated heterocycles. The SMILES string of the molecule is Cc1oc(-c2ccccc2)nc1CCNS(=O)(=O)c1cnn(C)c1. The van der Waals surface area contributed by atoms with E-state index >= 15 is 0 Å². The van der Waals surface area contributed by atoms with Gasteiger partial charge in [-0.25, -0.2) is 18.1 Å². The molecule has 0 aliphatic carbocycles. The maximum Gasteiger partial charge on any atom is 0.243 e. The molecule has 0 aliphatic heterocycles. The molecular weight excluding hydrogens is 328 g/mol. The van der Waals surface area contributed by atoms with Crippen LogP contribution in [0.3, 0.4) is 0 Å². The van der Waals surface area contributed by atoms with Gasteiger partial charge in [-0.1, -0.05) is 18.2 Å². The summed E-state index contributed by atoms with van der Waals surface area (Å²) in [4.78, 5) is 4.60. The fourth-order valence-electron chi connectivity index (χ4n) is 2.29. The highest BCUT2D eigenvalue weighted by Gasteiger charge is 2.17. The highest BCUT2D eigenvalue weighted by molar-refractivity contribution is 7.89. The lowest BCUT2D eigenvalue weighted by molar-refractivity contribution is 0.538. The summed E-state index contributed by atoms with van der Waals surface area (Å²) in [5.41, 5.74) is 1.63. The molecule has 0 saturated carbocycles. The van der Waals surface area contributed by atoms with Gasteiger partial charge in [-0.3, -0.25) is 4.68 Å². The summed E-state index contributed by atoms with van der Waals surface area (Å²) >= 11 is 0. The number of benzene rings is 1. The summed E-state index contributed by atoms with van der Waals surface area (Å²) in [5.74, 6) is 1.23. The first-order valence-electron chi connectivity index (χ1n) is 7.46. The quantitative estimate of drug-likeness (QED) is 0.736. The van der Waals surface area contributed by atoms with E-state index < -0.39 is 10.0 Å². The van der Waals surface area contributed by atoms with Crippen LogP contribution in [0.15, 0.2) is 52.0 Å². The third-order valence-corrected chi connectivity index (χ3v) is 4.97. The Morgan fingerprint density at radius 2 is 2.00 bits per heavy atom. The van der Waals surface area contributed by atoms with Crippen molar-refractivity contribution in [2.24, 2.45) is 7.05 Å². The van der Waals surface area contributed by atoms with Crippen molar-refractivity contribution in [2.45, 2.75) is 18.2 Å². The van der Waals surface area contributed by atoms with E-state index in [4.69, 9.17) is 4.42 Å². The average Bonchev–Trinajstić information content (AvgIpc) is 3.15. The molecule has 0 atom stereocenters. The lowest BCUT2D eigenvalue weighted by Gasteiger charge is -2.03. The zero-order valence-electron chi connectivity index (χ0n) is 13.4. The Hall–Kier alpha value is -2.45. The predicted octanol–water partition coefficient (Wildman–Crippen LogP) is 1.90.